The van der Waals surface area contributed by atoms with Gasteiger partial charge in [-0.2, -0.15) is 0 Å². The monoisotopic (exact) mass is 545 g/mol. The molecule has 0 bridgehead atoms. The molecule has 1 aliphatic carbocycles. The average Bonchev–Trinajstić information content (AvgIpc) is 2.79. The third-order valence-electron chi connectivity index (χ3n) is 5.48. The maximum Gasteiger partial charge on any atom is 0.341 e. The molecule has 0 amide bonds. The van der Waals surface area contributed by atoms with Gasteiger partial charge in [0.15, 0.2) is 6.61 Å². The van der Waals surface area contributed by atoms with Crippen molar-refractivity contribution in [2.24, 2.45) is 0 Å². The minimum atomic E-state index is -2.59. The van der Waals surface area contributed by atoms with E-state index < -0.39 is 29.9 Å². The lowest BCUT2D eigenvalue weighted by atomic mass is 9.87. The normalized spacial score (nSPS) is 15.8. The molecule has 8 nitrogen and oxygen atoms in total. The van der Waals surface area contributed by atoms with Crippen LogP contribution in [0.3, 0.4) is 0 Å². The van der Waals surface area contributed by atoms with Gasteiger partial charge in [0.2, 0.25) is 5.88 Å². The predicted molar refractivity (Wildman–Crippen MR) is 130 cm³/mol. The van der Waals surface area contributed by atoms with E-state index in [1.165, 1.54) is 10.5 Å². The van der Waals surface area contributed by atoms with Crippen LogP contribution in [0.25, 0.3) is 0 Å². The van der Waals surface area contributed by atoms with Gasteiger partial charge in [0.1, 0.15) is 11.5 Å². The molecule has 10 heteroatoms. The minimum Gasteiger partial charge on any atom is -0.755 e. The number of anilines is 1. The zero-order valence-corrected chi connectivity index (χ0v) is 20.7. The number of aromatic nitrogens is 1. The molecule has 0 fully saturated rings. The fourth-order valence-electron chi connectivity index (χ4n) is 4.08. The number of fused-ring (bicyclic) bond motifs is 1. The number of ether oxygens (including phenoxy) is 2. The van der Waals surface area contributed by atoms with Crippen molar-refractivity contribution in [1.29, 1.82) is 0 Å². The summed E-state index contributed by atoms with van der Waals surface area (Å²) in [5, 5.41) is 8.96. The van der Waals surface area contributed by atoms with Crippen LogP contribution in [0.15, 0.2) is 59.2 Å². The zero-order valence-electron chi connectivity index (χ0n) is 18.3. The van der Waals surface area contributed by atoms with Crippen molar-refractivity contribution in [1.82, 2.24) is 4.98 Å². The summed E-state index contributed by atoms with van der Waals surface area (Å²) >= 11 is 0.865. The lowest BCUT2D eigenvalue weighted by Gasteiger charge is -2.38. The van der Waals surface area contributed by atoms with Crippen molar-refractivity contribution in [3.8, 4) is 17.4 Å². The van der Waals surface area contributed by atoms with Gasteiger partial charge in [-0.3, -0.25) is 8.51 Å². The topological polar surface area (TPSA) is 112 Å². The number of aliphatic carboxylic acids is 1. The van der Waals surface area contributed by atoms with E-state index >= 15 is 0 Å². The van der Waals surface area contributed by atoms with Gasteiger partial charge in [0.25, 0.3) is 0 Å². The summed E-state index contributed by atoms with van der Waals surface area (Å²) in [6.45, 7) is 1.50. The highest BCUT2D eigenvalue weighted by atomic mass is 79.9. The van der Waals surface area contributed by atoms with E-state index in [-0.39, 0.29) is 0 Å². The highest BCUT2D eigenvalue weighted by Gasteiger charge is 2.30. The highest BCUT2D eigenvalue weighted by molar-refractivity contribution is 9.10. The second kappa shape index (κ2) is 10.5. The summed E-state index contributed by atoms with van der Waals surface area (Å²) in [5.41, 5.74) is 3.03. The van der Waals surface area contributed by atoms with Crippen molar-refractivity contribution >= 4 is 38.9 Å². The van der Waals surface area contributed by atoms with E-state index in [0.29, 0.717) is 40.4 Å². The molecule has 1 aliphatic rings. The van der Waals surface area contributed by atoms with Gasteiger partial charge in [0.05, 0.1) is 22.4 Å². The van der Waals surface area contributed by atoms with Crippen molar-refractivity contribution in [2.45, 2.75) is 32.2 Å². The van der Waals surface area contributed by atoms with E-state index in [4.69, 9.17) is 14.6 Å². The first kappa shape index (κ1) is 24.2. The fourth-order valence-corrected chi connectivity index (χ4v) is 5.20. The highest BCUT2D eigenvalue weighted by Crippen LogP contribution is 2.42. The predicted octanol–water partition coefficient (Wildman–Crippen LogP) is 5.09. The fraction of sp³-hybridized carbons (Fsp3) is 0.250. The van der Waals surface area contributed by atoms with E-state index in [0.717, 1.165) is 23.1 Å². The zero-order chi connectivity index (χ0) is 24.2. The number of rotatable bonds is 8. The summed E-state index contributed by atoms with van der Waals surface area (Å²) in [7, 11) is 0. The Hall–Kier alpha value is -2.95. The van der Waals surface area contributed by atoms with Crippen LogP contribution in [0, 0.1) is 6.92 Å². The Balaban J connectivity index is 1.65. The van der Waals surface area contributed by atoms with Crippen LogP contribution in [0.5, 0.6) is 17.4 Å². The quantitative estimate of drug-likeness (QED) is 0.392. The molecular formula is C24H22BrN2O6S-. The van der Waals surface area contributed by atoms with E-state index in [1.54, 1.807) is 18.2 Å². The molecule has 1 aromatic heterocycles. The van der Waals surface area contributed by atoms with Crippen molar-refractivity contribution in [3.63, 3.8) is 0 Å². The maximum atomic E-state index is 12.4. The molecule has 2 aromatic carbocycles. The molecule has 0 saturated carbocycles. The summed E-state index contributed by atoms with van der Waals surface area (Å²) < 4.78 is 37.9. The number of aryl methyl sites for hydroxylation is 1. The van der Waals surface area contributed by atoms with E-state index in [1.807, 2.05) is 37.3 Å². The first-order chi connectivity index (χ1) is 16.3. The average molecular weight is 546 g/mol. The Bertz CT molecular complexity index is 1240. The molecule has 0 aliphatic heterocycles. The van der Waals surface area contributed by atoms with Gasteiger partial charge in [-0.1, -0.05) is 24.3 Å². The maximum absolute atomic E-state index is 12.4. The Morgan fingerprint density at radius 1 is 1.29 bits per heavy atom. The molecule has 3 aromatic rings. The van der Waals surface area contributed by atoms with Gasteiger partial charge < -0.3 is 19.1 Å². The van der Waals surface area contributed by atoms with Gasteiger partial charge in [0, 0.05) is 11.3 Å². The van der Waals surface area contributed by atoms with Crippen LogP contribution in [0.1, 0.15) is 35.6 Å². The standard InChI is InChI=1S/C24H23BrN2O6S/c1-15-5-2-6-17(11-15)33-24-20(25)12-16(13-26-24)27(34(30)31)21-9-3-8-19-18(21)7-4-10-22(19)32-14-23(28)29/h2,4-7,10-13,21H,3,8-9,14H2,1H3,(H,28,29)(H,30,31)/p-1. The van der Waals surface area contributed by atoms with Crippen LogP contribution < -0.4 is 13.8 Å². The van der Waals surface area contributed by atoms with E-state index in [9.17, 15) is 13.6 Å². The molecule has 0 radical (unpaired) electrons. The second-order valence-corrected chi connectivity index (χ2v) is 9.54. The lowest BCUT2D eigenvalue weighted by molar-refractivity contribution is -0.139. The van der Waals surface area contributed by atoms with Crippen molar-refractivity contribution < 1.29 is 28.1 Å². The molecule has 2 atom stereocenters. The van der Waals surface area contributed by atoms with Crippen molar-refractivity contribution in [3.05, 3.63) is 75.9 Å². The number of hydrogen-bond donors (Lipinski definition) is 1. The second-order valence-electron chi connectivity index (χ2n) is 7.86. The molecule has 1 N–H and O–H groups in total. The van der Waals surface area contributed by atoms with Crippen LogP contribution in [0.4, 0.5) is 5.69 Å². The molecule has 0 spiro atoms. The van der Waals surface area contributed by atoms with E-state index in [2.05, 4.69) is 20.9 Å². The third-order valence-corrected chi connectivity index (χ3v) is 6.83. The number of carboxylic acid groups (broad SMARTS) is 1. The SMILES string of the molecule is Cc1cccc(Oc2ncc(N(C3CCCc4c(OCC(=O)O)cccc43)S(=O)[O-])cc2Br)c1. The minimum absolute atomic E-state index is 0.319. The molecule has 4 rings (SSSR count). The summed E-state index contributed by atoms with van der Waals surface area (Å²) in [4.78, 5) is 15.3. The number of carbonyl (C=O) groups is 1. The lowest BCUT2D eigenvalue weighted by Crippen LogP contribution is -2.33. The number of benzene rings is 2. The molecule has 34 heavy (non-hydrogen) atoms. The number of carboxylic acids is 1. The number of hydrogen-bond acceptors (Lipinski definition) is 6. The van der Waals surface area contributed by atoms with Gasteiger partial charge >= 0.3 is 5.97 Å². The molecule has 2 unspecified atom stereocenters. The summed E-state index contributed by atoms with van der Waals surface area (Å²) in [6, 6.07) is 14.0. The smallest absolute Gasteiger partial charge is 0.341 e. The molecular weight excluding hydrogens is 524 g/mol. The summed E-state index contributed by atoms with van der Waals surface area (Å²) in [5.74, 6) is 0.332. The number of nitrogens with zero attached hydrogens (tertiary/aromatic N) is 2. The Kier molecular flexibility index (Phi) is 7.50. The van der Waals surface area contributed by atoms with Gasteiger partial charge in [-0.05, 0) is 83.1 Å². The number of pyridine rings is 1. The number of halogens is 1. The Morgan fingerprint density at radius 2 is 2.09 bits per heavy atom. The van der Waals surface area contributed by atoms with Crippen molar-refractivity contribution in [2.75, 3.05) is 10.9 Å². The van der Waals surface area contributed by atoms with Crippen LogP contribution in [-0.2, 0) is 22.5 Å². The summed E-state index contributed by atoms with van der Waals surface area (Å²) in [6.07, 6.45) is 3.46. The molecule has 0 saturated heterocycles. The molecule has 178 valence electrons. The third kappa shape index (κ3) is 5.40. The molecule has 1 heterocycles. The van der Waals surface area contributed by atoms with Crippen LogP contribution in [0.2, 0.25) is 0 Å². The van der Waals surface area contributed by atoms with Crippen LogP contribution >= 0.6 is 15.9 Å². The van der Waals surface area contributed by atoms with Crippen LogP contribution in [-0.4, -0.2) is 31.4 Å². The Labute approximate surface area is 208 Å². The largest absolute Gasteiger partial charge is 0.755 e. The van der Waals surface area contributed by atoms with Gasteiger partial charge in [-0.15, -0.1) is 0 Å². The first-order valence-electron chi connectivity index (χ1n) is 10.6. The van der Waals surface area contributed by atoms with Gasteiger partial charge in [-0.25, -0.2) is 9.78 Å². The Morgan fingerprint density at radius 3 is 2.79 bits per heavy atom. The first-order valence-corrected chi connectivity index (χ1v) is 12.4.